The minimum absolute atomic E-state index is 0.0201. The number of carbonyl (C=O) groups excluding carboxylic acids is 1. The molecule has 19 heavy (non-hydrogen) atoms. The van der Waals surface area contributed by atoms with Crippen molar-refractivity contribution in [2.24, 2.45) is 0 Å². The number of benzene rings is 2. The number of amides is 1. The number of carbonyl (C=O) groups is 1. The van der Waals surface area contributed by atoms with Gasteiger partial charge in [0.1, 0.15) is 11.5 Å². The second-order valence-electron chi connectivity index (χ2n) is 4.53. The molecule has 0 saturated carbocycles. The summed E-state index contributed by atoms with van der Waals surface area (Å²) in [6.45, 7) is 3.81. The molecule has 0 heterocycles. The van der Waals surface area contributed by atoms with E-state index in [0.717, 1.165) is 11.1 Å². The van der Waals surface area contributed by atoms with Crippen molar-refractivity contribution in [2.75, 3.05) is 11.1 Å². The van der Waals surface area contributed by atoms with E-state index in [0.29, 0.717) is 5.56 Å². The van der Waals surface area contributed by atoms with Gasteiger partial charge in [-0.05, 0) is 38.1 Å². The second kappa shape index (κ2) is 5.10. The number of aryl methyl sites for hydroxylation is 2. The van der Waals surface area contributed by atoms with E-state index in [9.17, 15) is 9.18 Å². The fraction of sp³-hybridized carbons (Fsp3) is 0.133. The molecule has 4 heteroatoms. The first-order chi connectivity index (χ1) is 8.97. The van der Waals surface area contributed by atoms with Crippen LogP contribution in [0.25, 0.3) is 0 Å². The van der Waals surface area contributed by atoms with Crippen LogP contribution in [-0.4, -0.2) is 5.91 Å². The first-order valence-electron chi connectivity index (χ1n) is 5.91. The highest BCUT2D eigenvalue weighted by Gasteiger charge is 2.12. The standard InChI is InChI=1S/C15H15FN2O/c1-9-6-10(2)8-11(7-9)15(19)18-14-12(16)4-3-5-13(14)17/h3-8H,17H2,1-2H3,(H,18,19). The Balaban J connectivity index is 2.31. The lowest BCUT2D eigenvalue weighted by Crippen LogP contribution is -2.14. The fourth-order valence-electron chi connectivity index (χ4n) is 1.96. The van der Waals surface area contributed by atoms with Crippen molar-refractivity contribution >= 4 is 17.3 Å². The minimum atomic E-state index is -0.544. The summed E-state index contributed by atoms with van der Waals surface area (Å²) in [4.78, 5) is 12.1. The zero-order chi connectivity index (χ0) is 14.0. The Morgan fingerprint density at radius 3 is 2.37 bits per heavy atom. The summed E-state index contributed by atoms with van der Waals surface area (Å²) in [7, 11) is 0. The normalized spacial score (nSPS) is 10.3. The third-order valence-corrected chi connectivity index (χ3v) is 2.77. The molecule has 0 radical (unpaired) electrons. The molecule has 0 aromatic heterocycles. The number of halogens is 1. The Morgan fingerprint density at radius 2 is 1.79 bits per heavy atom. The second-order valence-corrected chi connectivity index (χ2v) is 4.53. The predicted octanol–water partition coefficient (Wildman–Crippen LogP) is 3.28. The number of nitrogen functional groups attached to an aromatic ring is 1. The van der Waals surface area contributed by atoms with Crippen LogP contribution in [0.5, 0.6) is 0 Å². The molecule has 98 valence electrons. The minimum Gasteiger partial charge on any atom is -0.397 e. The van der Waals surface area contributed by atoms with Crippen LogP contribution in [0, 0.1) is 19.7 Å². The topological polar surface area (TPSA) is 55.1 Å². The molecule has 0 fully saturated rings. The molecule has 0 unspecified atom stereocenters. The Kier molecular flexibility index (Phi) is 3.51. The van der Waals surface area contributed by atoms with Crippen molar-refractivity contribution < 1.29 is 9.18 Å². The van der Waals surface area contributed by atoms with Crippen molar-refractivity contribution in [3.8, 4) is 0 Å². The lowest BCUT2D eigenvalue weighted by atomic mass is 10.1. The largest absolute Gasteiger partial charge is 0.397 e. The molecular formula is C15H15FN2O. The van der Waals surface area contributed by atoms with Gasteiger partial charge in [-0.15, -0.1) is 0 Å². The van der Waals surface area contributed by atoms with Gasteiger partial charge in [0, 0.05) is 5.56 Å². The van der Waals surface area contributed by atoms with Gasteiger partial charge >= 0.3 is 0 Å². The monoisotopic (exact) mass is 258 g/mol. The van der Waals surface area contributed by atoms with E-state index in [2.05, 4.69) is 5.32 Å². The molecule has 0 aliphatic rings. The molecule has 1 amide bonds. The smallest absolute Gasteiger partial charge is 0.255 e. The van der Waals surface area contributed by atoms with E-state index in [1.54, 1.807) is 18.2 Å². The molecule has 0 spiro atoms. The van der Waals surface area contributed by atoms with Crippen LogP contribution in [0.2, 0.25) is 0 Å². The molecule has 0 aliphatic heterocycles. The van der Waals surface area contributed by atoms with Gasteiger partial charge in [0.25, 0.3) is 5.91 Å². The number of rotatable bonds is 2. The maximum Gasteiger partial charge on any atom is 0.255 e. The summed E-state index contributed by atoms with van der Waals surface area (Å²) in [5.41, 5.74) is 8.32. The third-order valence-electron chi connectivity index (χ3n) is 2.77. The van der Waals surface area contributed by atoms with Gasteiger partial charge in [0.05, 0.1) is 5.69 Å². The fourth-order valence-corrected chi connectivity index (χ4v) is 1.96. The van der Waals surface area contributed by atoms with Gasteiger partial charge in [-0.2, -0.15) is 0 Å². The predicted molar refractivity (Wildman–Crippen MR) is 74.7 cm³/mol. The lowest BCUT2D eigenvalue weighted by molar-refractivity contribution is 0.102. The average Bonchev–Trinajstić information content (AvgIpc) is 2.32. The molecule has 3 N–H and O–H groups in total. The van der Waals surface area contributed by atoms with E-state index in [1.807, 2.05) is 19.9 Å². The molecular weight excluding hydrogens is 243 g/mol. The van der Waals surface area contributed by atoms with Crippen molar-refractivity contribution in [1.82, 2.24) is 0 Å². The van der Waals surface area contributed by atoms with Crippen LogP contribution in [0.3, 0.4) is 0 Å². The summed E-state index contributed by atoms with van der Waals surface area (Å²) >= 11 is 0. The summed E-state index contributed by atoms with van der Waals surface area (Å²) in [5, 5.41) is 2.51. The molecule has 3 nitrogen and oxygen atoms in total. The molecule has 0 aliphatic carbocycles. The van der Waals surface area contributed by atoms with Crippen LogP contribution >= 0.6 is 0 Å². The first-order valence-corrected chi connectivity index (χ1v) is 5.91. The maximum absolute atomic E-state index is 13.6. The highest BCUT2D eigenvalue weighted by Crippen LogP contribution is 2.22. The molecule has 2 aromatic rings. The average molecular weight is 258 g/mol. The van der Waals surface area contributed by atoms with E-state index in [-0.39, 0.29) is 17.3 Å². The zero-order valence-electron chi connectivity index (χ0n) is 10.8. The van der Waals surface area contributed by atoms with Crippen LogP contribution in [-0.2, 0) is 0 Å². The number of hydrogen-bond donors (Lipinski definition) is 2. The number of nitrogens with two attached hydrogens (primary N) is 1. The summed E-state index contributed by atoms with van der Waals surface area (Å²) in [5.74, 6) is -0.915. The SMILES string of the molecule is Cc1cc(C)cc(C(=O)Nc2c(N)cccc2F)c1. The van der Waals surface area contributed by atoms with Crippen LogP contribution < -0.4 is 11.1 Å². The maximum atomic E-state index is 13.6. The van der Waals surface area contributed by atoms with E-state index >= 15 is 0 Å². The van der Waals surface area contributed by atoms with E-state index in [1.165, 1.54) is 12.1 Å². The highest BCUT2D eigenvalue weighted by atomic mass is 19.1. The molecule has 0 saturated heterocycles. The molecule has 0 atom stereocenters. The first kappa shape index (κ1) is 13.1. The van der Waals surface area contributed by atoms with Crippen molar-refractivity contribution in [1.29, 1.82) is 0 Å². The van der Waals surface area contributed by atoms with Crippen LogP contribution in [0.15, 0.2) is 36.4 Å². The number of nitrogens with one attached hydrogen (secondary N) is 1. The Bertz CT molecular complexity index is 598. The van der Waals surface area contributed by atoms with E-state index in [4.69, 9.17) is 5.73 Å². The lowest BCUT2D eigenvalue weighted by Gasteiger charge is -2.10. The van der Waals surface area contributed by atoms with Gasteiger partial charge in [0.15, 0.2) is 0 Å². The Hall–Kier alpha value is -2.36. The zero-order valence-corrected chi connectivity index (χ0v) is 10.8. The number of hydrogen-bond acceptors (Lipinski definition) is 2. The Morgan fingerprint density at radius 1 is 1.16 bits per heavy atom. The summed E-state index contributed by atoms with van der Waals surface area (Å²) < 4.78 is 13.6. The van der Waals surface area contributed by atoms with Gasteiger partial charge < -0.3 is 11.1 Å². The van der Waals surface area contributed by atoms with Gasteiger partial charge in [0.2, 0.25) is 0 Å². The highest BCUT2D eigenvalue weighted by molar-refractivity contribution is 6.06. The molecule has 0 bridgehead atoms. The van der Waals surface area contributed by atoms with Crippen molar-refractivity contribution in [3.63, 3.8) is 0 Å². The Labute approximate surface area is 111 Å². The van der Waals surface area contributed by atoms with Gasteiger partial charge in [-0.25, -0.2) is 4.39 Å². The summed E-state index contributed by atoms with van der Waals surface area (Å²) in [6, 6.07) is 9.76. The third kappa shape index (κ3) is 2.91. The number of anilines is 2. The van der Waals surface area contributed by atoms with Crippen LogP contribution in [0.4, 0.5) is 15.8 Å². The van der Waals surface area contributed by atoms with Crippen molar-refractivity contribution in [3.05, 3.63) is 58.9 Å². The van der Waals surface area contributed by atoms with Gasteiger partial charge in [-0.3, -0.25) is 4.79 Å². The van der Waals surface area contributed by atoms with Gasteiger partial charge in [-0.1, -0.05) is 23.3 Å². The van der Waals surface area contributed by atoms with E-state index < -0.39 is 5.82 Å². The summed E-state index contributed by atoms with van der Waals surface area (Å²) in [6.07, 6.45) is 0. The quantitative estimate of drug-likeness (QED) is 0.812. The van der Waals surface area contributed by atoms with Crippen molar-refractivity contribution in [2.45, 2.75) is 13.8 Å². The molecule has 2 rings (SSSR count). The number of para-hydroxylation sites is 1. The molecule has 2 aromatic carbocycles. The van der Waals surface area contributed by atoms with Crippen LogP contribution in [0.1, 0.15) is 21.5 Å².